The molecule has 1 amide bonds. The Morgan fingerprint density at radius 3 is 3.05 bits per heavy atom. The minimum absolute atomic E-state index is 0.0891. The van der Waals surface area contributed by atoms with Gasteiger partial charge in [-0.3, -0.25) is 9.48 Å². The van der Waals surface area contributed by atoms with Gasteiger partial charge in [-0.15, -0.1) is 0 Å². The number of aromatic nitrogens is 2. The summed E-state index contributed by atoms with van der Waals surface area (Å²) >= 11 is 5.74. The molecule has 0 spiro atoms. The van der Waals surface area contributed by atoms with Crippen molar-refractivity contribution in [2.75, 3.05) is 6.54 Å². The summed E-state index contributed by atoms with van der Waals surface area (Å²) in [6, 6.07) is 5.27. The number of likely N-dealkylation sites (tertiary alicyclic amines) is 1. The van der Waals surface area contributed by atoms with Gasteiger partial charge in [0, 0.05) is 18.9 Å². The van der Waals surface area contributed by atoms with Crippen molar-refractivity contribution in [1.29, 1.82) is 0 Å². The Bertz CT molecular complexity index is 579. The summed E-state index contributed by atoms with van der Waals surface area (Å²) in [5, 5.41) is 4.46. The fraction of sp³-hybridized carbons (Fsp3) is 0.429. The average molecular weight is 294 g/mol. The van der Waals surface area contributed by atoms with Gasteiger partial charge in [-0.05, 0) is 49.1 Å². The first-order chi connectivity index (χ1) is 9.74. The van der Waals surface area contributed by atoms with Crippen LogP contribution in [0.2, 0.25) is 5.22 Å². The normalized spacial score (nSPS) is 19.2. The largest absolute Gasteiger partial charge is 0.440 e. The van der Waals surface area contributed by atoms with Crippen molar-refractivity contribution in [3.8, 4) is 0 Å². The number of carbonyl (C=O) groups excluding carboxylic acids is 1. The molecule has 6 heteroatoms. The third-order valence-corrected chi connectivity index (χ3v) is 3.83. The highest BCUT2D eigenvalue weighted by Gasteiger charge is 2.29. The second-order valence-electron chi connectivity index (χ2n) is 4.98. The topological polar surface area (TPSA) is 51.3 Å². The van der Waals surface area contributed by atoms with Gasteiger partial charge < -0.3 is 9.32 Å². The van der Waals surface area contributed by atoms with E-state index in [1.54, 1.807) is 18.3 Å². The highest BCUT2D eigenvalue weighted by atomic mass is 35.5. The van der Waals surface area contributed by atoms with E-state index in [2.05, 4.69) is 5.10 Å². The van der Waals surface area contributed by atoms with Gasteiger partial charge >= 0.3 is 0 Å². The minimum Gasteiger partial charge on any atom is -0.440 e. The van der Waals surface area contributed by atoms with Crippen molar-refractivity contribution in [1.82, 2.24) is 14.7 Å². The second-order valence-corrected chi connectivity index (χ2v) is 5.35. The monoisotopic (exact) mass is 293 g/mol. The molecule has 1 atom stereocenters. The Morgan fingerprint density at radius 2 is 2.35 bits per heavy atom. The van der Waals surface area contributed by atoms with Crippen LogP contribution in [0.1, 0.15) is 29.8 Å². The molecule has 0 N–H and O–H groups in total. The molecule has 106 valence electrons. The van der Waals surface area contributed by atoms with Gasteiger partial charge in [0.2, 0.25) is 0 Å². The third-order valence-electron chi connectivity index (χ3n) is 3.63. The molecule has 1 unspecified atom stereocenters. The molecule has 2 aromatic rings. The number of hydrogen-bond donors (Lipinski definition) is 0. The number of rotatable bonds is 3. The molecule has 0 aliphatic carbocycles. The summed E-state index contributed by atoms with van der Waals surface area (Å²) < 4.78 is 7.10. The Kier molecular flexibility index (Phi) is 3.78. The lowest BCUT2D eigenvalue weighted by atomic mass is 10.0. The summed E-state index contributed by atoms with van der Waals surface area (Å²) in [6.07, 6.45) is 6.81. The van der Waals surface area contributed by atoms with Gasteiger partial charge in [-0.25, -0.2) is 0 Å². The molecule has 0 saturated carbocycles. The number of hydrogen-bond acceptors (Lipinski definition) is 3. The first-order valence-electron chi connectivity index (χ1n) is 6.78. The number of carbonyl (C=O) groups is 1. The standard InChI is InChI=1S/C14H16ClN3O2/c15-13-6-5-12(20-13)14(19)18-9-2-1-4-11(18)10-17-8-3-7-16-17/h3,5-8,11H,1-2,4,9-10H2. The molecule has 5 nitrogen and oxygen atoms in total. The Labute approximate surface area is 122 Å². The molecule has 0 aromatic carbocycles. The maximum absolute atomic E-state index is 12.5. The highest BCUT2D eigenvalue weighted by molar-refractivity contribution is 6.29. The van der Waals surface area contributed by atoms with E-state index in [1.807, 2.05) is 21.8 Å². The fourth-order valence-corrected chi connectivity index (χ4v) is 2.80. The molecule has 2 aromatic heterocycles. The number of amides is 1. The predicted molar refractivity (Wildman–Crippen MR) is 74.6 cm³/mol. The average Bonchev–Trinajstić information content (AvgIpc) is 3.10. The van der Waals surface area contributed by atoms with E-state index in [4.69, 9.17) is 16.0 Å². The van der Waals surface area contributed by atoms with E-state index in [9.17, 15) is 4.79 Å². The van der Waals surface area contributed by atoms with E-state index < -0.39 is 0 Å². The van der Waals surface area contributed by atoms with Crippen LogP contribution >= 0.6 is 11.6 Å². The molecule has 1 fully saturated rings. The zero-order valence-electron chi connectivity index (χ0n) is 11.0. The summed E-state index contributed by atoms with van der Waals surface area (Å²) in [6.45, 7) is 1.47. The van der Waals surface area contributed by atoms with E-state index in [-0.39, 0.29) is 17.2 Å². The van der Waals surface area contributed by atoms with E-state index in [0.29, 0.717) is 12.3 Å². The first kappa shape index (κ1) is 13.2. The van der Waals surface area contributed by atoms with Crippen LogP contribution in [0.5, 0.6) is 0 Å². The molecule has 20 heavy (non-hydrogen) atoms. The summed E-state index contributed by atoms with van der Waals surface area (Å²) in [4.78, 5) is 14.4. The molecule has 0 bridgehead atoms. The zero-order valence-corrected chi connectivity index (χ0v) is 11.8. The number of halogens is 1. The lowest BCUT2D eigenvalue weighted by Crippen LogP contribution is -2.45. The van der Waals surface area contributed by atoms with Gasteiger partial charge in [0.05, 0.1) is 12.6 Å². The van der Waals surface area contributed by atoms with Gasteiger partial charge in [-0.1, -0.05) is 0 Å². The van der Waals surface area contributed by atoms with Crippen LogP contribution in [-0.2, 0) is 6.54 Å². The maximum atomic E-state index is 12.5. The molecule has 3 heterocycles. The maximum Gasteiger partial charge on any atom is 0.289 e. The fourth-order valence-electron chi connectivity index (χ4n) is 2.65. The molecular weight excluding hydrogens is 278 g/mol. The Balaban J connectivity index is 1.76. The molecule has 1 saturated heterocycles. The smallest absolute Gasteiger partial charge is 0.289 e. The van der Waals surface area contributed by atoms with Gasteiger partial charge in [-0.2, -0.15) is 5.10 Å². The van der Waals surface area contributed by atoms with Crippen LogP contribution in [0, 0.1) is 0 Å². The lowest BCUT2D eigenvalue weighted by Gasteiger charge is -2.35. The second kappa shape index (κ2) is 5.71. The van der Waals surface area contributed by atoms with Crippen molar-refractivity contribution < 1.29 is 9.21 Å². The Hall–Kier alpha value is -1.75. The van der Waals surface area contributed by atoms with Crippen LogP contribution in [0.4, 0.5) is 0 Å². The van der Waals surface area contributed by atoms with Gasteiger partial charge in [0.25, 0.3) is 5.91 Å². The SMILES string of the molecule is O=C(c1ccc(Cl)o1)N1CCCCC1Cn1cccn1. The predicted octanol–water partition coefficient (Wildman–Crippen LogP) is 2.82. The number of piperidine rings is 1. The summed E-state index contributed by atoms with van der Waals surface area (Å²) in [5.41, 5.74) is 0. The molecule has 1 aliphatic rings. The zero-order chi connectivity index (χ0) is 13.9. The minimum atomic E-state index is -0.0891. The first-order valence-corrected chi connectivity index (χ1v) is 7.15. The van der Waals surface area contributed by atoms with Crippen LogP contribution in [0.15, 0.2) is 35.0 Å². The van der Waals surface area contributed by atoms with Crippen LogP contribution in [0.3, 0.4) is 0 Å². The van der Waals surface area contributed by atoms with Crippen LogP contribution in [0.25, 0.3) is 0 Å². The molecular formula is C14H16ClN3O2. The van der Waals surface area contributed by atoms with Crippen molar-refractivity contribution in [3.63, 3.8) is 0 Å². The van der Waals surface area contributed by atoms with E-state index in [0.717, 1.165) is 25.8 Å². The molecule has 0 radical (unpaired) electrons. The Morgan fingerprint density at radius 1 is 1.45 bits per heavy atom. The van der Waals surface area contributed by atoms with Crippen molar-refractivity contribution >= 4 is 17.5 Å². The van der Waals surface area contributed by atoms with Crippen LogP contribution in [-0.4, -0.2) is 33.2 Å². The van der Waals surface area contributed by atoms with E-state index in [1.165, 1.54) is 0 Å². The number of nitrogens with zero attached hydrogens (tertiary/aromatic N) is 3. The van der Waals surface area contributed by atoms with Crippen molar-refractivity contribution in [2.45, 2.75) is 31.8 Å². The van der Waals surface area contributed by atoms with E-state index >= 15 is 0 Å². The number of furan rings is 1. The van der Waals surface area contributed by atoms with Crippen molar-refractivity contribution in [3.05, 3.63) is 41.6 Å². The van der Waals surface area contributed by atoms with Crippen molar-refractivity contribution in [2.24, 2.45) is 0 Å². The third kappa shape index (κ3) is 2.72. The molecule has 3 rings (SSSR count). The molecule has 1 aliphatic heterocycles. The summed E-state index contributed by atoms with van der Waals surface area (Å²) in [7, 11) is 0. The highest BCUT2D eigenvalue weighted by Crippen LogP contribution is 2.22. The van der Waals surface area contributed by atoms with Gasteiger partial charge in [0.1, 0.15) is 0 Å². The van der Waals surface area contributed by atoms with Crippen LogP contribution < -0.4 is 0 Å². The lowest BCUT2D eigenvalue weighted by molar-refractivity contribution is 0.0552. The quantitative estimate of drug-likeness (QED) is 0.874. The summed E-state index contributed by atoms with van der Waals surface area (Å²) in [5.74, 6) is 0.219. The van der Waals surface area contributed by atoms with Gasteiger partial charge in [0.15, 0.2) is 11.0 Å².